The molecule has 6 nitrogen and oxygen atoms in total. The van der Waals surface area contributed by atoms with Gasteiger partial charge in [0.1, 0.15) is 9.30 Å². The topological polar surface area (TPSA) is 67.6 Å². The Labute approximate surface area is 163 Å². The summed E-state index contributed by atoms with van der Waals surface area (Å²) in [5, 5.41) is 14.5. The van der Waals surface area contributed by atoms with E-state index in [1.807, 2.05) is 25.7 Å². The molecule has 2 aliphatic rings. The van der Waals surface area contributed by atoms with E-state index in [2.05, 4.69) is 33.3 Å². The Bertz CT molecular complexity index is 618. The second-order valence-electron chi connectivity index (χ2n) is 8.20. The van der Waals surface area contributed by atoms with E-state index < -0.39 is 5.60 Å². The van der Waals surface area contributed by atoms with E-state index in [1.165, 1.54) is 5.69 Å². The normalized spacial score (nSPS) is 25.4. The molecule has 0 spiro atoms. The lowest BCUT2D eigenvalue weighted by atomic mass is 9.93. The number of halogens is 1. The predicted octanol–water partition coefficient (Wildman–Crippen LogP) is 3.69. The predicted molar refractivity (Wildman–Crippen MR) is 104 cm³/mol. The van der Waals surface area contributed by atoms with Crippen LogP contribution in [0, 0.1) is 3.70 Å². The lowest BCUT2D eigenvalue weighted by Crippen LogP contribution is -2.41. The van der Waals surface area contributed by atoms with Crippen LogP contribution in [-0.4, -0.2) is 50.7 Å². The van der Waals surface area contributed by atoms with Crippen molar-refractivity contribution < 1.29 is 14.6 Å². The molecule has 3 rings (SSSR count). The van der Waals surface area contributed by atoms with E-state index in [9.17, 15) is 9.90 Å². The maximum absolute atomic E-state index is 12.2. The third kappa shape index (κ3) is 4.67. The number of hydrogen-bond acceptors (Lipinski definition) is 4. The standard InChI is InChI=1S/C18H28IN3O3/c1-18(2,3)25-17(24)21-8-6-12(7-9-21)15-11-16(19)20-22(15)13-4-5-14(23)10-13/h11-14,23H,4-10H2,1-3H3. The van der Waals surface area contributed by atoms with Crippen molar-refractivity contribution in [2.24, 2.45) is 0 Å². The third-order valence-electron chi connectivity index (χ3n) is 5.02. The molecule has 7 heteroatoms. The first-order valence-corrected chi connectivity index (χ1v) is 10.2. The summed E-state index contributed by atoms with van der Waals surface area (Å²) in [5.41, 5.74) is 0.804. The maximum Gasteiger partial charge on any atom is 0.410 e. The maximum atomic E-state index is 12.2. The van der Waals surface area contributed by atoms with Gasteiger partial charge in [-0.05, 0) is 81.5 Å². The number of aliphatic hydroxyl groups is 1. The Balaban J connectivity index is 1.64. The van der Waals surface area contributed by atoms with Crippen molar-refractivity contribution in [1.29, 1.82) is 0 Å². The Morgan fingerprint density at radius 3 is 2.52 bits per heavy atom. The molecule has 1 aromatic heterocycles. The van der Waals surface area contributed by atoms with E-state index in [1.54, 1.807) is 0 Å². The highest BCUT2D eigenvalue weighted by molar-refractivity contribution is 14.1. The second-order valence-corrected chi connectivity index (χ2v) is 9.30. The highest BCUT2D eigenvalue weighted by Crippen LogP contribution is 2.36. The van der Waals surface area contributed by atoms with E-state index >= 15 is 0 Å². The summed E-state index contributed by atoms with van der Waals surface area (Å²) in [5.74, 6) is 0.410. The molecule has 1 N–H and O–H groups in total. The van der Waals surface area contributed by atoms with Gasteiger partial charge < -0.3 is 14.7 Å². The minimum absolute atomic E-state index is 0.200. The molecule has 1 aliphatic carbocycles. The Morgan fingerprint density at radius 2 is 1.96 bits per heavy atom. The van der Waals surface area contributed by atoms with Crippen molar-refractivity contribution in [2.45, 2.75) is 76.5 Å². The van der Waals surface area contributed by atoms with Crippen LogP contribution in [0.4, 0.5) is 4.79 Å². The van der Waals surface area contributed by atoms with Gasteiger partial charge in [0.2, 0.25) is 0 Å². The second kappa shape index (κ2) is 7.42. The molecule has 1 amide bonds. The van der Waals surface area contributed by atoms with Crippen LogP contribution in [-0.2, 0) is 4.74 Å². The van der Waals surface area contributed by atoms with E-state index in [4.69, 9.17) is 9.84 Å². The molecule has 0 bridgehead atoms. The molecule has 2 heterocycles. The lowest BCUT2D eigenvalue weighted by Gasteiger charge is -2.34. The fraction of sp³-hybridized carbons (Fsp3) is 0.778. The van der Waals surface area contributed by atoms with Gasteiger partial charge >= 0.3 is 6.09 Å². The molecule has 1 aliphatic heterocycles. The SMILES string of the molecule is CC(C)(C)OC(=O)N1CCC(c2cc(I)nn2C2CCC(O)C2)CC1. The molecule has 1 saturated heterocycles. The summed E-state index contributed by atoms with van der Waals surface area (Å²) >= 11 is 2.26. The quantitative estimate of drug-likeness (QED) is 0.683. The summed E-state index contributed by atoms with van der Waals surface area (Å²) in [7, 11) is 0. The monoisotopic (exact) mass is 461 g/mol. The summed E-state index contributed by atoms with van der Waals surface area (Å²) in [6, 6.07) is 2.47. The summed E-state index contributed by atoms with van der Waals surface area (Å²) < 4.78 is 8.63. The highest BCUT2D eigenvalue weighted by Gasteiger charge is 2.32. The van der Waals surface area contributed by atoms with Crippen LogP contribution in [0.2, 0.25) is 0 Å². The summed E-state index contributed by atoms with van der Waals surface area (Å²) in [6.07, 6.45) is 4.08. The molecule has 2 atom stereocenters. The molecule has 25 heavy (non-hydrogen) atoms. The number of piperidine rings is 1. The Morgan fingerprint density at radius 1 is 1.28 bits per heavy atom. The van der Waals surface area contributed by atoms with Gasteiger partial charge in [0.05, 0.1) is 12.1 Å². The Kier molecular flexibility index (Phi) is 5.63. The lowest BCUT2D eigenvalue weighted by molar-refractivity contribution is 0.0202. The zero-order valence-corrected chi connectivity index (χ0v) is 17.4. The van der Waals surface area contributed by atoms with Gasteiger partial charge in [-0.2, -0.15) is 5.10 Å². The zero-order valence-electron chi connectivity index (χ0n) is 15.2. The van der Waals surface area contributed by atoms with E-state index in [0.29, 0.717) is 25.0 Å². The van der Waals surface area contributed by atoms with Crippen molar-refractivity contribution in [3.8, 4) is 0 Å². The van der Waals surface area contributed by atoms with Crippen LogP contribution in [0.5, 0.6) is 0 Å². The molecule has 2 unspecified atom stereocenters. The first kappa shape index (κ1) is 18.9. The summed E-state index contributed by atoms with van der Waals surface area (Å²) in [6.45, 7) is 7.12. The molecule has 0 aromatic carbocycles. The van der Waals surface area contributed by atoms with E-state index in [0.717, 1.165) is 35.8 Å². The molecule has 1 aromatic rings. The van der Waals surface area contributed by atoms with Crippen molar-refractivity contribution >= 4 is 28.7 Å². The minimum Gasteiger partial charge on any atom is -0.444 e. The van der Waals surface area contributed by atoms with Gasteiger partial charge in [0.25, 0.3) is 0 Å². The zero-order chi connectivity index (χ0) is 18.2. The van der Waals surface area contributed by atoms with Crippen molar-refractivity contribution in [3.63, 3.8) is 0 Å². The average Bonchev–Trinajstić information content (AvgIpc) is 3.11. The van der Waals surface area contributed by atoms with Crippen molar-refractivity contribution in [2.75, 3.05) is 13.1 Å². The van der Waals surface area contributed by atoms with Crippen molar-refractivity contribution in [3.05, 3.63) is 15.5 Å². The molecule has 1 saturated carbocycles. The van der Waals surface area contributed by atoms with Gasteiger partial charge in [0, 0.05) is 24.7 Å². The van der Waals surface area contributed by atoms with Crippen LogP contribution in [0.25, 0.3) is 0 Å². The average molecular weight is 461 g/mol. The number of aromatic nitrogens is 2. The number of ether oxygens (including phenoxy) is 1. The molecule has 140 valence electrons. The van der Waals surface area contributed by atoms with Crippen LogP contribution in [0.3, 0.4) is 0 Å². The number of rotatable bonds is 2. The number of carbonyl (C=O) groups excluding carboxylic acids is 1. The molecular formula is C18H28IN3O3. The number of aliphatic hydroxyl groups excluding tert-OH is 1. The molecule has 2 fully saturated rings. The first-order chi connectivity index (χ1) is 11.7. The molecular weight excluding hydrogens is 433 g/mol. The van der Waals surface area contributed by atoms with Crippen LogP contribution < -0.4 is 0 Å². The number of likely N-dealkylation sites (tertiary alicyclic amines) is 1. The van der Waals surface area contributed by atoms with Gasteiger partial charge in [-0.3, -0.25) is 4.68 Å². The van der Waals surface area contributed by atoms with Crippen LogP contribution >= 0.6 is 22.6 Å². The van der Waals surface area contributed by atoms with Gasteiger partial charge in [-0.15, -0.1) is 0 Å². The highest BCUT2D eigenvalue weighted by atomic mass is 127. The van der Waals surface area contributed by atoms with Gasteiger partial charge in [-0.25, -0.2) is 4.79 Å². The molecule has 0 radical (unpaired) electrons. The van der Waals surface area contributed by atoms with E-state index in [-0.39, 0.29) is 12.2 Å². The van der Waals surface area contributed by atoms with Crippen LogP contribution in [0.15, 0.2) is 6.07 Å². The summed E-state index contributed by atoms with van der Waals surface area (Å²) in [4.78, 5) is 14.0. The Hall–Kier alpha value is -0.830. The first-order valence-electron chi connectivity index (χ1n) is 9.14. The largest absolute Gasteiger partial charge is 0.444 e. The number of hydrogen-bond donors (Lipinski definition) is 1. The smallest absolute Gasteiger partial charge is 0.410 e. The third-order valence-corrected chi connectivity index (χ3v) is 5.55. The fourth-order valence-corrected chi connectivity index (χ4v) is 4.37. The van der Waals surface area contributed by atoms with Gasteiger partial charge in [-0.1, -0.05) is 0 Å². The van der Waals surface area contributed by atoms with Crippen molar-refractivity contribution in [1.82, 2.24) is 14.7 Å². The fourth-order valence-electron chi connectivity index (χ4n) is 3.82. The minimum atomic E-state index is -0.452. The number of carbonyl (C=O) groups is 1. The van der Waals surface area contributed by atoms with Crippen LogP contribution in [0.1, 0.15) is 70.5 Å². The van der Waals surface area contributed by atoms with Gasteiger partial charge in [0.15, 0.2) is 0 Å². The number of nitrogens with zero attached hydrogens (tertiary/aromatic N) is 3. The number of amides is 1.